The van der Waals surface area contributed by atoms with E-state index < -0.39 is 0 Å². The Balaban J connectivity index is 0.000000154. The predicted molar refractivity (Wildman–Crippen MR) is 231 cm³/mol. The van der Waals surface area contributed by atoms with Crippen LogP contribution >= 0.6 is 0 Å². The van der Waals surface area contributed by atoms with Crippen LogP contribution in [0.3, 0.4) is 0 Å². The standard InChI is InChI=1S/C25H22N4O.C24H21N5O/c1-25(2)13-12-20-19(24(25)30)10-11-21(27-20)23-15-22(17-7-4-3-5-8-17)28-29(23)18-9-6-14-26-16-18;1-24(2)10-9-19-18(23(24)30)7-8-20(27-19)22-13-21(16-5-3-11-25-14-16)28-29(22)17-6-4-12-26-15-17/h3-11,14-16H,12-13H2,1-2H3;3-8,11-15H,9-10H2,1-2H3. The highest BCUT2D eigenvalue weighted by atomic mass is 16.1. The third-order valence-electron chi connectivity index (χ3n) is 11.4. The lowest BCUT2D eigenvalue weighted by atomic mass is 9.75. The number of aryl methyl sites for hydroxylation is 2. The van der Waals surface area contributed by atoms with Gasteiger partial charge in [-0.2, -0.15) is 10.2 Å². The van der Waals surface area contributed by atoms with Crippen LogP contribution in [0.4, 0.5) is 0 Å². The molecule has 0 N–H and O–H groups in total. The van der Waals surface area contributed by atoms with Crippen LogP contribution in [0, 0.1) is 10.8 Å². The minimum absolute atomic E-state index is 0.166. The van der Waals surface area contributed by atoms with E-state index in [2.05, 4.69) is 15.0 Å². The molecule has 8 aromatic rings. The zero-order chi connectivity index (χ0) is 41.4. The molecule has 0 spiro atoms. The summed E-state index contributed by atoms with van der Waals surface area (Å²) in [5, 5.41) is 9.65. The van der Waals surface area contributed by atoms with Gasteiger partial charge in [0.1, 0.15) is 0 Å². The number of carbonyl (C=O) groups is 2. The van der Waals surface area contributed by atoms with Gasteiger partial charge in [0.15, 0.2) is 11.6 Å². The summed E-state index contributed by atoms with van der Waals surface area (Å²) in [5.41, 5.74) is 11.2. The molecule has 0 unspecified atom stereocenters. The van der Waals surface area contributed by atoms with Crippen molar-refractivity contribution in [2.24, 2.45) is 10.8 Å². The van der Waals surface area contributed by atoms with Crippen LogP contribution in [0.25, 0.3) is 56.7 Å². The van der Waals surface area contributed by atoms with E-state index in [-0.39, 0.29) is 22.4 Å². The first-order chi connectivity index (χ1) is 29.1. The summed E-state index contributed by atoms with van der Waals surface area (Å²) in [6.45, 7) is 8.03. The maximum Gasteiger partial charge on any atom is 0.170 e. The van der Waals surface area contributed by atoms with Gasteiger partial charge in [0.25, 0.3) is 0 Å². The largest absolute Gasteiger partial charge is 0.294 e. The Hall–Kier alpha value is -7.27. The molecule has 0 atom stereocenters. The molecule has 0 radical (unpaired) electrons. The van der Waals surface area contributed by atoms with Gasteiger partial charge >= 0.3 is 0 Å². The van der Waals surface area contributed by atoms with Gasteiger partial charge < -0.3 is 0 Å². The summed E-state index contributed by atoms with van der Waals surface area (Å²) in [4.78, 5) is 48.0. The summed E-state index contributed by atoms with van der Waals surface area (Å²) in [7, 11) is 0. The van der Waals surface area contributed by atoms with Crippen molar-refractivity contribution in [2.75, 3.05) is 0 Å². The van der Waals surface area contributed by atoms with Crippen molar-refractivity contribution < 1.29 is 9.59 Å². The molecule has 11 nitrogen and oxygen atoms in total. The summed E-state index contributed by atoms with van der Waals surface area (Å²) >= 11 is 0. The van der Waals surface area contributed by atoms with E-state index in [4.69, 9.17) is 20.2 Å². The fourth-order valence-electron chi connectivity index (χ4n) is 7.78. The van der Waals surface area contributed by atoms with E-state index in [1.54, 1.807) is 37.2 Å². The fourth-order valence-corrected chi connectivity index (χ4v) is 7.78. The van der Waals surface area contributed by atoms with Gasteiger partial charge in [-0.1, -0.05) is 58.0 Å². The first-order valence-corrected chi connectivity index (χ1v) is 20.1. The van der Waals surface area contributed by atoms with Crippen LogP contribution in [0.5, 0.6) is 0 Å². The molecule has 60 heavy (non-hydrogen) atoms. The molecular weight excluding hydrogens is 747 g/mol. The number of Topliss-reactive ketones (excluding diaryl/α,β-unsaturated/α-hetero) is 2. The highest BCUT2D eigenvalue weighted by Gasteiger charge is 2.36. The zero-order valence-corrected chi connectivity index (χ0v) is 33.9. The van der Waals surface area contributed by atoms with Crippen molar-refractivity contribution >= 4 is 11.6 Å². The molecule has 2 aliphatic rings. The molecule has 1 aromatic carbocycles. The number of hydrogen-bond acceptors (Lipinski definition) is 9. The molecule has 0 bridgehead atoms. The number of ketones is 2. The lowest BCUT2D eigenvalue weighted by Crippen LogP contribution is -2.31. The highest BCUT2D eigenvalue weighted by molar-refractivity contribution is 6.02. The molecule has 0 fully saturated rings. The molecule has 0 amide bonds. The van der Waals surface area contributed by atoms with Crippen molar-refractivity contribution in [2.45, 2.75) is 53.4 Å². The maximum atomic E-state index is 12.8. The quantitative estimate of drug-likeness (QED) is 0.161. The molecule has 296 valence electrons. The first-order valence-electron chi connectivity index (χ1n) is 20.1. The van der Waals surface area contributed by atoms with E-state index in [0.717, 1.165) is 105 Å². The van der Waals surface area contributed by atoms with Gasteiger partial charge in [-0.25, -0.2) is 9.36 Å². The predicted octanol–water partition coefficient (Wildman–Crippen LogP) is 9.70. The van der Waals surface area contributed by atoms with E-state index in [9.17, 15) is 9.59 Å². The second-order valence-corrected chi connectivity index (χ2v) is 16.5. The number of pyridine rings is 5. The van der Waals surface area contributed by atoms with E-state index in [0.29, 0.717) is 0 Å². The maximum absolute atomic E-state index is 12.8. The molecule has 11 heteroatoms. The normalized spacial score (nSPS) is 15.1. The second kappa shape index (κ2) is 15.5. The fraction of sp³-hybridized carbons (Fsp3) is 0.204. The van der Waals surface area contributed by atoms with E-state index in [1.165, 1.54) is 0 Å². The van der Waals surface area contributed by atoms with Crippen LogP contribution in [0.2, 0.25) is 0 Å². The Bertz CT molecular complexity index is 2650. The number of rotatable bonds is 6. The summed E-state index contributed by atoms with van der Waals surface area (Å²) < 4.78 is 3.72. The Morgan fingerprint density at radius 3 is 1.38 bits per heavy atom. The monoisotopic (exact) mass is 789 g/mol. The molecule has 7 aromatic heterocycles. The summed E-state index contributed by atoms with van der Waals surface area (Å²) in [6.07, 6.45) is 13.8. The Labute approximate surface area is 348 Å². The van der Waals surface area contributed by atoms with Gasteiger partial charge in [0.05, 0.1) is 69.3 Å². The Morgan fingerprint density at radius 1 is 0.483 bits per heavy atom. The molecule has 7 heterocycles. The van der Waals surface area contributed by atoms with Crippen LogP contribution < -0.4 is 0 Å². The van der Waals surface area contributed by atoms with Crippen molar-refractivity contribution in [1.29, 1.82) is 0 Å². The van der Waals surface area contributed by atoms with Crippen LogP contribution in [0.1, 0.15) is 72.6 Å². The number of fused-ring (bicyclic) bond motifs is 2. The van der Waals surface area contributed by atoms with Crippen molar-refractivity contribution in [3.63, 3.8) is 0 Å². The summed E-state index contributed by atoms with van der Waals surface area (Å²) in [5.74, 6) is 0.341. The number of hydrogen-bond donors (Lipinski definition) is 0. The van der Waals surface area contributed by atoms with Crippen molar-refractivity contribution in [3.8, 4) is 56.7 Å². The van der Waals surface area contributed by atoms with Gasteiger partial charge in [0, 0.05) is 57.9 Å². The van der Waals surface area contributed by atoms with Crippen LogP contribution in [-0.2, 0) is 12.8 Å². The lowest BCUT2D eigenvalue weighted by molar-refractivity contribution is 0.0803. The van der Waals surface area contributed by atoms with Crippen molar-refractivity contribution in [1.82, 2.24) is 44.5 Å². The van der Waals surface area contributed by atoms with Gasteiger partial charge in [-0.15, -0.1) is 0 Å². The van der Waals surface area contributed by atoms with Crippen molar-refractivity contribution in [3.05, 3.63) is 163 Å². The third kappa shape index (κ3) is 7.34. The molecule has 2 aliphatic carbocycles. The molecule has 0 saturated carbocycles. The molecule has 0 saturated heterocycles. The average Bonchev–Trinajstić information content (AvgIpc) is 3.95. The number of aromatic nitrogens is 9. The van der Waals surface area contributed by atoms with Crippen LogP contribution in [0.15, 0.2) is 140 Å². The Kier molecular flexibility index (Phi) is 9.87. The lowest BCUT2D eigenvalue weighted by Gasteiger charge is -2.29. The molecular formula is C49H43N9O2. The topological polar surface area (TPSA) is 134 Å². The van der Waals surface area contributed by atoms with Gasteiger partial charge in [-0.3, -0.25) is 34.5 Å². The minimum Gasteiger partial charge on any atom is -0.294 e. The zero-order valence-electron chi connectivity index (χ0n) is 33.9. The molecule has 10 rings (SSSR count). The SMILES string of the molecule is CC1(C)CCc2nc(-c3cc(-c4ccccc4)nn3-c3cccnc3)ccc2C1=O.CC1(C)CCc2nc(-c3cc(-c4cccnc4)nn3-c3cccnc3)ccc2C1=O. The van der Waals surface area contributed by atoms with Gasteiger partial charge in [-0.05, 0) is 98.5 Å². The highest BCUT2D eigenvalue weighted by Crippen LogP contribution is 2.37. The summed E-state index contributed by atoms with van der Waals surface area (Å²) in [6, 6.07) is 33.4. The minimum atomic E-state index is -0.332. The number of carbonyl (C=O) groups excluding carboxylic acids is 2. The van der Waals surface area contributed by atoms with E-state index in [1.807, 2.05) is 140 Å². The van der Waals surface area contributed by atoms with Gasteiger partial charge in [0.2, 0.25) is 0 Å². The van der Waals surface area contributed by atoms with Crippen LogP contribution in [-0.4, -0.2) is 56.0 Å². The number of benzene rings is 1. The Morgan fingerprint density at radius 2 is 0.933 bits per heavy atom. The third-order valence-corrected chi connectivity index (χ3v) is 11.4. The number of nitrogens with zero attached hydrogens (tertiary/aromatic N) is 9. The second-order valence-electron chi connectivity index (χ2n) is 16.5. The first kappa shape index (κ1) is 38.3. The smallest absolute Gasteiger partial charge is 0.170 e. The average molecular weight is 790 g/mol. The van der Waals surface area contributed by atoms with E-state index >= 15 is 0 Å². The molecule has 0 aliphatic heterocycles.